The Morgan fingerprint density at radius 3 is 2.85 bits per heavy atom. The van der Waals surface area contributed by atoms with Gasteiger partial charge in [0, 0.05) is 25.0 Å². The Morgan fingerprint density at radius 1 is 1.20 bits per heavy atom. The maximum Gasteiger partial charge on any atom is 0.137 e. The fourth-order valence-corrected chi connectivity index (χ4v) is 2.36. The topological polar surface area (TPSA) is 42.2 Å². The molecule has 0 aliphatic heterocycles. The van der Waals surface area contributed by atoms with Crippen LogP contribution in [0.1, 0.15) is 30.0 Å². The first kappa shape index (κ1) is 12.8. The van der Waals surface area contributed by atoms with Gasteiger partial charge in [-0.3, -0.25) is 4.98 Å². The molecule has 0 amide bonds. The van der Waals surface area contributed by atoms with Crippen LogP contribution in [0.15, 0.2) is 48.8 Å². The molecule has 1 atom stereocenters. The highest BCUT2D eigenvalue weighted by molar-refractivity contribution is 5.42. The molecule has 0 fully saturated rings. The van der Waals surface area contributed by atoms with Crippen LogP contribution in [0.2, 0.25) is 0 Å². The highest BCUT2D eigenvalue weighted by Crippen LogP contribution is 2.14. The lowest BCUT2D eigenvalue weighted by Crippen LogP contribution is -2.20. The fourth-order valence-electron chi connectivity index (χ4n) is 2.36. The van der Waals surface area contributed by atoms with E-state index in [0.29, 0.717) is 0 Å². The van der Waals surface area contributed by atoms with Crippen molar-refractivity contribution in [1.29, 1.82) is 0 Å². The Bertz CT molecular complexity index is 703. The van der Waals surface area contributed by atoms with Gasteiger partial charge in [-0.05, 0) is 38.1 Å². The Hall–Kier alpha value is -2.20. The van der Waals surface area contributed by atoms with E-state index in [1.165, 1.54) is 5.69 Å². The largest absolute Gasteiger partial charge is 0.303 e. The summed E-state index contributed by atoms with van der Waals surface area (Å²) in [5.41, 5.74) is 4.31. The number of aryl methyl sites for hydroxylation is 1. The fraction of sp³-hybridized carbons (Fsp3) is 0.250. The van der Waals surface area contributed by atoms with Crippen molar-refractivity contribution in [2.75, 3.05) is 0 Å². The molecule has 0 bridgehead atoms. The van der Waals surface area contributed by atoms with Crippen LogP contribution in [0.4, 0.5) is 0 Å². The second kappa shape index (κ2) is 5.43. The van der Waals surface area contributed by atoms with Crippen molar-refractivity contribution in [3.63, 3.8) is 0 Å². The van der Waals surface area contributed by atoms with E-state index in [4.69, 9.17) is 0 Å². The van der Waals surface area contributed by atoms with E-state index in [9.17, 15) is 0 Å². The molecule has 3 aromatic rings. The lowest BCUT2D eigenvalue weighted by molar-refractivity contribution is 0.552. The van der Waals surface area contributed by atoms with Crippen LogP contribution in [-0.4, -0.2) is 14.4 Å². The zero-order valence-corrected chi connectivity index (χ0v) is 11.7. The van der Waals surface area contributed by atoms with Gasteiger partial charge >= 0.3 is 0 Å². The van der Waals surface area contributed by atoms with Crippen molar-refractivity contribution in [3.05, 3.63) is 65.9 Å². The number of hydrogen-bond donors (Lipinski definition) is 1. The zero-order chi connectivity index (χ0) is 13.9. The molecule has 4 heteroatoms. The summed E-state index contributed by atoms with van der Waals surface area (Å²) in [5.74, 6) is 0. The highest BCUT2D eigenvalue weighted by atomic mass is 15.0. The third-order valence-electron chi connectivity index (χ3n) is 3.54. The maximum absolute atomic E-state index is 4.57. The molecule has 0 aliphatic carbocycles. The minimum atomic E-state index is 0.213. The van der Waals surface area contributed by atoms with Crippen LogP contribution in [0.25, 0.3) is 5.65 Å². The van der Waals surface area contributed by atoms with Gasteiger partial charge in [0.05, 0.1) is 17.1 Å². The van der Waals surface area contributed by atoms with Crippen LogP contribution >= 0.6 is 0 Å². The average Bonchev–Trinajstić information content (AvgIpc) is 2.81. The predicted molar refractivity (Wildman–Crippen MR) is 79.4 cm³/mol. The molecule has 0 radical (unpaired) electrons. The first-order chi connectivity index (χ1) is 9.75. The third kappa shape index (κ3) is 2.42. The average molecular weight is 266 g/mol. The minimum Gasteiger partial charge on any atom is -0.303 e. The molecular weight excluding hydrogens is 248 g/mol. The first-order valence-electron chi connectivity index (χ1n) is 6.82. The van der Waals surface area contributed by atoms with Crippen molar-refractivity contribution in [3.8, 4) is 0 Å². The Morgan fingerprint density at radius 2 is 2.05 bits per heavy atom. The summed E-state index contributed by atoms with van der Waals surface area (Å²) >= 11 is 0. The summed E-state index contributed by atoms with van der Waals surface area (Å²) < 4.78 is 2.13. The normalized spacial score (nSPS) is 12.7. The number of imidazole rings is 1. The summed E-state index contributed by atoms with van der Waals surface area (Å²) in [6.45, 7) is 4.95. The molecule has 1 N–H and O–H groups in total. The van der Waals surface area contributed by atoms with E-state index in [0.717, 1.165) is 23.6 Å². The quantitative estimate of drug-likeness (QED) is 0.789. The number of nitrogens with zero attached hydrogens (tertiary/aromatic N) is 3. The van der Waals surface area contributed by atoms with Crippen molar-refractivity contribution in [2.24, 2.45) is 0 Å². The predicted octanol–water partition coefficient (Wildman–Crippen LogP) is 2.89. The molecule has 0 aromatic carbocycles. The summed E-state index contributed by atoms with van der Waals surface area (Å²) in [6.07, 6.45) is 3.88. The second-order valence-corrected chi connectivity index (χ2v) is 4.93. The molecule has 20 heavy (non-hydrogen) atoms. The van der Waals surface area contributed by atoms with Crippen molar-refractivity contribution in [1.82, 2.24) is 19.7 Å². The van der Waals surface area contributed by atoms with Crippen molar-refractivity contribution < 1.29 is 0 Å². The number of nitrogens with one attached hydrogen (secondary N) is 1. The lowest BCUT2D eigenvalue weighted by Gasteiger charge is -2.13. The highest BCUT2D eigenvalue weighted by Gasteiger charge is 2.10. The van der Waals surface area contributed by atoms with E-state index in [1.54, 1.807) is 0 Å². The summed E-state index contributed by atoms with van der Waals surface area (Å²) in [6, 6.07) is 12.3. The molecule has 3 aromatic heterocycles. The molecule has 0 saturated heterocycles. The molecule has 0 spiro atoms. The zero-order valence-electron chi connectivity index (χ0n) is 11.7. The van der Waals surface area contributed by atoms with Gasteiger partial charge in [0.2, 0.25) is 0 Å². The molecule has 0 aliphatic rings. The number of rotatable bonds is 4. The van der Waals surface area contributed by atoms with E-state index in [1.807, 2.05) is 42.6 Å². The molecule has 0 unspecified atom stereocenters. The van der Waals surface area contributed by atoms with Crippen LogP contribution in [-0.2, 0) is 6.54 Å². The smallest absolute Gasteiger partial charge is 0.137 e. The maximum atomic E-state index is 4.57. The van der Waals surface area contributed by atoms with Crippen LogP contribution in [0, 0.1) is 6.92 Å². The summed E-state index contributed by atoms with van der Waals surface area (Å²) in [4.78, 5) is 8.95. The van der Waals surface area contributed by atoms with Gasteiger partial charge < -0.3 is 9.72 Å². The Labute approximate surface area is 118 Å². The Kier molecular flexibility index (Phi) is 3.48. The number of fused-ring (bicyclic) bond motifs is 1. The van der Waals surface area contributed by atoms with Gasteiger partial charge in [0.25, 0.3) is 0 Å². The van der Waals surface area contributed by atoms with E-state index < -0.39 is 0 Å². The lowest BCUT2D eigenvalue weighted by atomic mass is 10.2. The van der Waals surface area contributed by atoms with Gasteiger partial charge in [-0.1, -0.05) is 12.1 Å². The molecule has 4 nitrogen and oxygen atoms in total. The summed E-state index contributed by atoms with van der Waals surface area (Å²) in [7, 11) is 0. The molecule has 0 saturated carbocycles. The van der Waals surface area contributed by atoms with E-state index >= 15 is 0 Å². The standard InChI is InChI=1S/C16H18N4/c1-12(14-7-3-5-9-17-14)18-11-15-13(2)19-16-8-4-6-10-20(15)16/h3-10,12,18H,11H2,1-2H3/t12-/m1/s1. The first-order valence-corrected chi connectivity index (χ1v) is 6.82. The van der Waals surface area contributed by atoms with Gasteiger partial charge in [-0.2, -0.15) is 0 Å². The van der Waals surface area contributed by atoms with E-state index in [2.05, 4.69) is 39.7 Å². The van der Waals surface area contributed by atoms with Gasteiger partial charge in [0.1, 0.15) is 5.65 Å². The Balaban J connectivity index is 1.79. The van der Waals surface area contributed by atoms with E-state index in [-0.39, 0.29) is 6.04 Å². The van der Waals surface area contributed by atoms with Crippen molar-refractivity contribution >= 4 is 5.65 Å². The summed E-state index contributed by atoms with van der Waals surface area (Å²) in [5, 5.41) is 3.51. The number of pyridine rings is 2. The molecular formula is C16H18N4. The number of aromatic nitrogens is 3. The monoisotopic (exact) mass is 266 g/mol. The molecule has 3 heterocycles. The van der Waals surface area contributed by atoms with Gasteiger partial charge in [-0.25, -0.2) is 4.98 Å². The molecule has 3 rings (SSSR count). The van der Waals surface area contributed by atoms with Crippen LogP contribution in [0.5, 0.6) is 0 Å². The SMILES string of the molecule is Cc1nc2ccccn2c1CN[C@H](C)c1ccccn1. The molecule has 102 valence electrons. The van der Waals surface area contributed by atoms with Gasteiger partial charge in [-0.15, -0.1) is 0 Å². The second-order valence-electron chi connectivity index (χ2n) is 4.93. The van der Waals surface area contributed by atoms with Crippen LogP contribution < -0.4 is 5.32 Å². The van der Waals surface area contributed by atoms with Crippen molar-refractivity contribution in [2.45, 2.75) is 26.4 Å². The number of hydrogen-bond acceptors (Lipinski definition) is 3. The van der Waals surface area contributed by atoms with Gasteiger partial charge in [0.15, 0.2) is 0 Å². The minimum absolute atomic E-state index is 0.213. The van der Waals surface area contributed by atoms with Crippen LogP contribution in [0.3, 0.4) is 0 Å². The third-order valence-corrected chi connectivity index (χ3v) is 3.54.